The van der Waals surface area contributed by atoms with Crippen molar-refractivity contribution in [1.82, 2.24) is 29.9 Å². The summed E-state index contributed by atoms with van der Waals surface area (Å²) in [5.41, 5.74) is 0. The molecule has 2 saturated heterocycles. The van der Waals surface area contributed by atoms with Crippen molar-refractivity contribution >= 4 is 11.9 Å². The molecule has 2 aromatic heterocycles. The van der Waals surface area contributed by atoms with Crippen LogP contribution in [0.2, 0.25) is 0 Å². The van der Waals surface area contributed by atoms with Crippen molar-refractivity contribution in [2.45, 2.75) is 18.8 Å². The Morgan fingerprint density at radius 1 is 1.04 bits per heavy atom. The van der Waals surface area contributed by atoms with Crippen LogP contribution in [-0.4, -0.2) is 81.6 Å². The SMILES string of the molecule is O=C(CN1CCN(c2ncccn2)CC1)N1CCC(c2ncon2)CC1. The monoisotopic (exact) mass is 357 g/mol. The third-order valence-electron chi connectivity index (χ3n) is 5.16. The number of anilines is 1. The summed E-state index contributed by atoms with van der Waals surface area (Å²) in [6, 6.07) is 1.82. The van der Waals surface area contributed by atoms with Crippen LogP contribution in [0.5, 0.6) is 0 Å². The minimum absolute atomic E-state index is 0.209. The van der Waals surface area contributed by atoms with Crippen molar-refractivity contribution in [1.29, 1.82) is 0 Å². The number of piperazine rings is 1. The van der Waals surface area contributed by atoms with E-state index < -0.39 is 0 Å². The van der Waals surface area contributed by atoms with E-state index in [1.165, 1.54) is 6.39 Å². The first-order chi connectivity index (χ1) is 12.8. The van der Waals surface area contributed by atoms with Crippen LogP contribution in [0.25, 0.3) is 0 Å². The zero-order chi connectivity index (χ0) is 17.8. The smallest absolute Gasteiger partial charge is 0.236 e. The second kappa shape index (κ2) is 7.77. The molecule has 0 spiro atoms. The number of nitrogens with zero attached hydrogens (tertiary/aromatic N) is 7. The normalized spacial score (nSPS) is 19.7. The molecule has 4 rings (SSSR count). The lowest BCUT2D eigenvalue weighted by Gasteiger charge is -2.36. The molecule has 0 atom stereocenters. The largest absolute Gasteiger partial charge is 0.343 e. The number of rotatable bonds is 4. The highest BCUT2D eigenvalue weighted by molar-refractivity contribution is 5.78. The molecular weight excluding hydrogens is 334 g/mol. The number of piperidine rings is 1. The first kappa shape index (κ1) is 16.9. The van der Waals surface area contributed by atoms with E-state index in [9.17, 15) is 4.79 Å². The molecule has 9 nitrogen and oxygen atoms in total. The highest BCUT2D eigenvalue weighted by Gasteiger charge is 2.28. The Hall–Kier alpha value is -2.55. The van der Waals surface area contributed by atoms with Gasteiger partial charge in [-0.3, -0.25) is 9.69 Å². The predicted molar refractivity (Wildman–Crippen MR) is 93.5 cm³/mol. The van der Waals surface area contributed by atoms with Crippen molar-refractivity contribution < 1.29 is 9.32 Å². The minimum atomic E-state index is 0.209. The molecule has 2 aliphatic heterocycles. The molecule has 0 aromatic carbocycles. The molecule has 0 saturated carbocycles. The highest BCUT2D eigenvalue weighted by Crippen LogP contribution is 2.25. The van der Waals surface area contributed by atoms with Crippen molar-refractivity contribution in [3.63, 3.8) is 0 Å². The Morgan fingerprint density at radius 2 is 1.77 bits per heavy atom. The van der Waals surface area contributed by atoms with Gasteiger partial charge < -0.3 is 14.3 Å². The van der Waals surface area contributed by atoms with Gasteiger partial charge in [0.05, 0.1) is 6.54 Å². The van der Waals surface area contributed by atoms with Gasteiger partial charge in [-0.05, 0) is 18.9 Å². The van der Waals surface area contributed by atoms with E-state index in [0.717, 1.165) is 63.9 Å². The fraction of sp³-hybridized carbons (Fsp3) is 0.588. The average molecular weight is 357 g/mol. The molecule has 0 bridgehead atoms. The molecule has 9 heteroatoms. The van der Waals surface area contributed by atoms with Crippen molar-refractivity contribution in [2.24, 2.45) is 0 Å². The summed E-state index contributed by atoms with van der Waals surface area (Å²) in [5, 5.41) is 3.92. The second-order valence-corrected chi connectivity index (χ2v) is 6.76. The van der Waals surface area contributed by atoms with Gasteiger partial charge in [-0.15, -0.1) is 0 Å². The van der Waals surface area contributed by atoms with Gasteiger partial charge in [0.2, 0.25) is 18.2 Å². The zero-order valence-electron chi connectivity index (χ0n) is 14.7. The van der Waals surface area contributed by atoms with E-state index in [2.05, 4.69) is 29.9 Å². The van der Waals surface area contributed by atoms with Gasteiger partial charge in [-0.25, -0.2) is 9.97 Å². The van der Waals surface area contributed by atoms with Crippen LogP contribution in [-0.2, 0) is 4.79 Å². The standard InChI is InChI=1S/C17H23N7O2/c25-15(23-6-2-14(3-7-23)16-20-13-26-21-16)12-22-8-10-24(11-9-22)17-18-4-1-5-19-17/h1,4-5,13-14H,2-3,6-12H2. The van der Waals surface area contributed by atoms with Crippen LogP contribution in [0.1, 0.15) is 24.6 Å². The van der Waals surface area contributed by atoms with Crippen LogP contribution < -0.4 is 4.90 Å². The number of aromatic nitrogens is 4. The molecule has 2 aromatic rings. The number of hydrogen-bond acceptors (Lipinski definition) is 8. The molecule has 138 valence electrons. The average Bonchev–Trinajstić information content (AvgIpc) is 3.24. The quantitative estimate of drug-likeness (QED) is 0.776. The predicted octanol–water partition coefficient (Wildman–Crippen LogP) is 0.388. The Labute approximate surface area is 152 Å². The summed E-state index contributed by atoms with van der Waals surface area (Å²) in [6.45, 7) is 5.39. The number of likely N-dealkylation sites (tertiary alicyclic amines) is 1. The second-order valence-electron chi connectivity index (χ2n) is 6.76. The lowest BCUT2D eigenvalue weighted by molar-refractivity contribution is -0.133. The van der Waals surface area contributed by atoms with E-state index in [0.29, 0.717) is 12.5 Å². The maximum absolute atomic E-state index is 12.6. The molecule has 0 aliphatic carbocycles. The molecule has 0 unspecified atom stereocenters. The summed E-state index contributed by atoms with van der Waals surface area (Å²) in [4.78, 5) is 31.7. The minimum Gasteiger partial charge on any atom is -0.343 e. The molecule has 4 heterocycles. The van der Waals surface area contributed by atoms with Crippen molar-refractivity contribution in [2.75, 3.05) is 50.7 Å². The van der Waals surface area contributed by atoms with Gasteiger partial charge in [0, 0.05) is 57.6 Å². The van der Waals surface area contributed by atoms with Crippen molar-refractivity contribution in [3.8, 4) is 0 Å². The van der Waals surface area contributed by atoms with Crippen LogP contribution in [0.4, 0.5) is 5.95 Å². The number of carbonyl (C=O) groups excluding carboxylic acids is 1. The zero-order valence-corrected chi connectivity index (χ0v) is 14.7. The Bertz CT molecular complexity index is 693. The van der Waals surface area contributed by atoms with Gasteiger partial charge in [0.25, 0.3) is 0 Å². The maximum atomic E-state index is 12.6. The molecule has 0 radical (unpaired) electrons. The van der Waals surface area contributed by atoms with Gasteiger partial charge in [0.1, 0.15) is 0 Å². The third kappa shape index (κ3) is 3.82. The maximum Gasteiger partial charge on any atom is 0.236 e. The molecule has 26 heavy (non-hydrogen) atoms. The Kier molecular flexibility index (Phi) is 5.05. The summed E-state index contributed by atoms with van der Waals surface area (Å²) in [6.07, 6.45) is 6.68. The van der Waals surface area contributed by atoms with Crippen LogP contribution in [0.15, 0.2) is 29.4 Å². The first-order valence-corrected chi connectivity index (χ1v) is 9.08. The van der Waals surface area contributed by atoms with E-state index >= 15 is 0 Å². The van der Waals surface area contributed by atoms with Gasteiger partial charge in [0.15, 0.2) is 5.82 Å². The van der Waals surface area contributed by atoms with E-state index in [1.54, 1.807) is 12.4 Å². The fourth-order valence-electron chi connectivity index (χ4n) is 3.60. The molecule has 0 N–H and O–H groups in total. The molecule has 2 fully saturated rings. The topological polar surface area (TPSA) is 91.5 Å². The number of carbonyl (C=O) groups is 1. The van der Waals surface area contributed by atoms with Crippen LogP contribution in [0.3, 0.4) is 0 Å². The van der Waals surface area contributed by atoms with Gasteiger partial charge in [-0.2, -0.15) is 4.98 Å². The van der Waals surface area contributed by atoms with Crippen molar-refractivity contribution in [3.05, 3.63) is 30.7 Å². The fourth-order valence-corrected chi connectivity index (χ4v) is 3.60. The Balaban J connectivity index is 1.22. The lowest BCUT2D eigenvalue weighted by Crippen LogP contribution is -2.51. The van der Waals surface area contributed by atoms with E-state index in [4.69, 9.17) is 4.52 Å². The van der Waals surface area contributed by atoms with E-state index in [1.807, 2.05) is 11.0 Å². The molecular formula is C17H23N7O2. The first-order valence-electron chi connectivity index (χ1n) is 9.08. The van der Waals surface area contributed by atoms with E-state index in [-0.39, 0.29) is 5.91 Å². The molecule has 2 aliphatic rings. The summed E-state index contributed by atoms with van der Waals surface area (Å²) < 4.78 is 4.82. The highest BCUT2D eigenvalue weighted by atomic mass is 16.5. The third-order valence-corrected chi connectivity index (χ3v) is 5.16. The van der Waals surface area contributed by atoms with Gasteiger partial charge in [-0.1, -0.05) is 5.16 Å². The lowest BCUT2D eigenvalue weighted by atomic mass is 9.96. The van der Waals surface area contributed by atoms with Crippen LogP contribution in [0, 0.1) is 0 Å². The Morgan fingerprint density at radius 3 is 2.42 bits per heavy atom. The van der Waals surface area contributed by atoms with Crippen LogP contribution >= 0.6 is 0 Å². The number of amides is 1. The summed E-state index contributed by atoms with van der Waals surface area (Å²) in [5.74, 6) is 2.03. The van der Waals surface area contributed by atoms with Gasteiger partial charge >= 0.3 is 0 Å². The summed E-state index contributed by atoms with van der Waals surface area (Å²) in [7, 11) is 0. The number of hydrogen-bond donors (Lipinski definition) is 0. The summed E-state index contributed by atoms with van der Waals surface area (Å²) >= 11 is 0. The molecule has 1 amide bonds.